The summed E-state index contributed by atoms with van der Waals surface area (Å²) in [4.78, 5) is 8.47. The first kappa shape index (κ1) is 10.8. The van der Waals surface area contributed by atoms with Crippen LogP contribution in [0.15, 0.2) is 12.5 Å². The van der Waals surface area contributed by atoms with E-state index in [4.69, 9.17) is 11.6 Å². The van der Waals surface area contributed by atoms with Crippen molar-refractivity contribution in [3.63, 3.8) is 0 Å². The average Bonchev–Trinajstić information content (AvgIpc) is 3.05. The summed E-state index contributed by atoms with van der Waals surface area (Å²) in [6, 6.07) is 0. The van der Waals surface area contributed by atoms with Crippen LogP contribution in [0.25, 0.3) is 11.0 Å². The summed E-state index contributed by atoms with van der Waals surface area (Å²) in [7, 11) is 1.88. The summed E-state index contributed by atoms with van der Waals surface area (Å²) >= 11 is 5.96. The van der Waals surface area contributed by atoms with Gasteiger partial charge < -0.3 is 5.32 Å². The fourth-order valence-corrected chi connectivity index (χ4v) is 2.27. The Bertz CT molecular complexity index is 546. The second-order valence-electron chi connectivity index (χ2n) is 4.71. The van der Waals surface area contributed by atoms with E-state index in [1.807, 2.05) is 7.05 Å². The van der Waals surface area contributed by atoms with Crippen LogP contribution < -0.4 is 5.32 Å². The third-order valence-corrected chi connectivity index (χ3v) is 3.97. The van der Waals surface area contributed by atoms with Crippen LogP contribution in [-0.2, 0) is 7.05 Å². The van der Waals surface area contributed by atoms with E-state index in [0.717, 1.165) is 23.4 Å². The molecule has 0 spiro atoms. The third kappa shape index (κ3) is 1.84. The van der Waals surface area contributed by atoms with Gasteiger partial charge in [0.25, 0.3) is 0 Å². The maximum absolute atomic E-state index is 5.96. The Kier molecular flexibility index (Phi) is 2.43. The highest BCUT2D eigenvalue weighted by atomic mass is 35.5. The molecule has 1 aliphatic rings. The Morgan fingerprint density at radius 2 is 2.29 bits per heavy atom. The highest BCUT2D eigenvalue weighted by Gasteiger charge is 2.41. The van der Waals surface area contributed by atoms with E-state index < -0.39 is 0 Å². The lowest BCUT2D eigenvalue weighted by Crippen LogP contribution is -2.17. The second kappa shape index (κ2) is 3.84. The quantitative estimate of drug-likeness (QED) is 0.842. The molecule has 5 nitrogen and oxygen atoms in total. The number of aromatic nitrogens is 4. The predicted molar refractivity (Wildman–Crippen MR) is 67.2 cm³/mol. The minimum absolute atomic E-state index is 0.279. The summed E-state index contributed by atoms with van der Waals surface area (Å²) in [6.07, 6.45) is 5.75. The molecule has 2 heterocycles. The zero-order chi connectivity index (χ0) is 11.9. The number of rotatable bonds is 4. The molecule has 17 heavy (non-hydrogen) atoms. The minimum Gasteiger partial charge on any atom is -0.369 e. The van der Waals surface area contributed by atoms with Crippen LogP contribution in [0.3, 0.4) is 0 Å². The maximum Gasteiger partial charge on any atom is 0.163 e. The van der Waals surface area contributed by atoms with Gasteiger partial charge in [0.05, 0.1) is 11.6 Å². The molecule has 1 fully saturated rings. The number of anilines is 1. The van der Waals surface area contributed by atoms with E-state index in [0.29, 0.717) is 5.88 Å². The van der Waals surface area contributed by atoms with E-state index in [-0.39, 0.29) is 5.41 Å². The van der Waals surface area contributed by atoms with Crippen molar-refractivity contribution >= 4 is 28.5 Å². The summed E-state index contributed by atoms with van der Waals surface area (Å²) in [5.74, 6) is 1.56. The summed E-state index contributed by atoms with van der Waals surface area (Å²) in [5.41, 5.74) is 1.12. The number of hydrogen-bond acceptors (Lipinski definition) is 4. The molecule has 2 aromatic rings. The Balaban J connectivity index is 1.85. The van der Waals surface area contributed by atoms with Gasteiger partial charge >= 0.3 is 0 Å². The maximum atomic E-state index is 5.96. The van der Waals surface area contributed by atoms with E-state index >= 15 is 0 Å². The number of aryl methyl sites for hydroxylation is 1. The van der Waals surface area contributed by atoms with Gasteiger partial charge in [-0.2, -0.15) is 5.10 Å². The number of nitrogens with zero attached hydrogens (tertiary/aromatic N) is 4. The molecule has 0 aliphatic heterocycles. The van der Waals surface area contributed by atoms with Gasteiger partial charge in [-0.15, -0.1) is 11.6 Å². The molecular formula is C11H14ClN5. The van der Waals surface area contributed by atoms with Crippen LogP contribution >= 0.6 is 11.6 Å². The number of halogens is 1. The normalized spacial score (nSPS) is 17.3. The molecule has 6 heteroatoms. The van der Waals surface area contributed by atoms with Crippen molar-refractivity contribution in [1.29, 1.82) is 0 Å². The molecule has 0 atom stereocenters. The second-order valence-corrected chi connectivity index (χ2v) is 4.98. The van der Waals surface area contributed by atoms with Gasteiger partial charge in [0.1, 0.15) is 12.1 Å². The van der Waals surface area contributed by atoms with Gasteiger partial charge in [-0.05, 0) is 12.8 Å². The summed E-state index contributed by atoms with van der Waals surface area (Å²) in [6.45, 7) is 0.873. The van der Waals surface area contributed by atoms with Crippen molar-refractivity contribution in [2.24, 2.45) is 12.5 Å². The van der Waals surface area contributed by atoms with Crippen LogP contribution in [-0.4, -0.2) is 32.2 Å². The van der Waals surface area contributed by atoms with Crippen molar-refractivity contribution in [1.82, 2.24) is 19.7 Å². The molecular weight excluding hydrogens is 238 g/mol. The van der Waals surface area contributed by atoms with Crippen LogP contribution in [0, 0.1) is 5.41 Å². The molecule has 0 bridgehead atoms. The van der Waals surface area contributed by atoms with Crippen LogP contribution in [0.2, 0.25) is 0 Å². The van der Waals surface area contributed by atoms with Crippen molar-refractivity contribution in [2.45, 2.75) is 12.8 Å². The fraction of sp³-hybridized carbons (Fsp3) is 0.545. The first-order chi connectivity index (χ1) is 8.24. The van der Waals surface area contributed by atoms with Crippen molar-refractivity contribution in [3.05, 3.63) is 12.5 Å². The molecule has 0 unspecified atom stereocenters. The fourth-order valence-electron chi connectivity index (χ4n) is 1.91. The topological polar surface area (TPSA) is 55.6 Å². The van der Waals surface area contributed by atoms with Crippen molar-refractivity contribution < 1.29 is 0 Å². The Hall–Kier alpha value is -1.36. The number of fused-ring (bicyclic) bond motifs is 1. The molecule has 2 aromatic heterocycles. The third-order valence-electron chi connectivity index (χ3n) is 3.40. The molecule has 1 N–H and O–H groups in total. The smallest absolute Gasteiger partial charge is 0.163 e. The van der Waals surface area contributed by atoms with Gasteiger partial charge in [0.2, 0.25) is 0 Å². The van der Waals surface area contributed by atoms with Gasteiger partial charge in [-0.1, -0.05) is 0 Å². The van der Waals surface area contributed by atoms with Gasteiger partial charge in [0, 0.05) is 24.9 Å². The summed E-state index contributed by atoms with van der Waals surface area (Å²) < 4.78 is 1.75. The van der Waals surface area contributed by atoms with E-state index in [9.17, 15) is 0 Å². The van der Waals surface area contributed by atoms with Gasteiger partial charge in [-0.25, -0.2) is 9.97 Å². The highest BCUT2D eigenvalue weighted by molar-refractivity contribution is 6.18. The molecule has 0 saturated heterocycles. The lowest BCUT2D eigenvalue weighted by atomic mass is 10.1. The lowest BCUT2D eigenvalue weighted by Gasteiger charge is -2.13. The first-order valence-corrected chi connectivity index (χ1v) is 6.20. The Morgan fingerprint density at radius 3 is 3.00 bits per heavy atom. The average molecular weight is 252 g/mol. The lowest BCUT2D eigenvalue weighted by molar-refractivity contribution is 0.618. The Labute approximate surface area is 104 Å². The summed E-state index contributed by atoms with van der Waals surface area (Å²) in [5, 5.41) is 8.51. The van der Waals surface area contributed by atoms with E-state index in [2.05, 4.69) is 20.4 Å². The molecule has 1 saturated carbocycles. The molecule has 1 aliphatic carbocycles. The monoisotopic (exact) mass is 251 g/mol. The first-order valence-electron chi connectivity index (χ1n) is 5.67. The van der Waals surface area contributed by atoms with Crippen LogP contribution in [0.1, 0.15) is 12.8 Å². The zero-order valence-corrected chi connectivity index (χ0v) is 10.4. The van der Waals surface area contributed by atoms with Gasteiger partial charge in [0.15, 0.2) is 5.65 Å². The Morgan fingerprint density at radius 1 is 1.47 bits per heavy atom. The largest absolute Gasteiger partial charge is 0.369 e. The molecule has 90 valence electrons. The van der Waals surface area contributed by atoms with E-state index in [1.54, 1.807) is 17.2 Å². The number of alkyl halides is 1. The molecule has 0 amide bonds. The van der Waals surface area contributed by atoms with Gasteiger partial charge in [-0.3, -0.25) is 4.68 Å². The highest BCUT2D eigenvalue weighted by Crippen LogP contribution is 2.46. The number of hydrogen-bond donors (Lipinski definition) is 1. The zero-order valence-electron chi connectivity index (χ0n) is 9.65. The predicted octanol–water partition coefficient (Wildman–Crippen LogP) is 1.79. The number of nitrogens with one attached hydrogen (secondary N) is 1. The van der Waals surface area contributed by atoms with Crippen LogP contribution in [0.4, 0.5) is 5.82 Å². The van der Waals surface area contributed by atoms with Crippen molar-refractivity contribution in [2.75, 3.05) is 17.7 Å². The molecule has 0 radical (unpaired) electrons. The standard InChI is InChI=1S/C11H14ClN5/c1-17-10-8(4-16-17)9(14-7-15-10)13-6-11(5-12)2-3-11/h4,7H,2-3,5-6H2,1H3,(H,13,14,15). The molecule has 0 aromatic carbocycles. The minimum atomic E-state index is 0.279. The SMILES string of the molecule is Cn1ncc2c(NCC3(CCl)CC3)ncnc21. The van der Waals surface area contributed by atoms with Crippen molar-refractivity contribution in [3.8, 4) is 0 Å². The van der Waals surface area contributed by atoms with Crippen LogP contribution in [0.5, 0.6) is 0 Å². The molecule has 3 rings (SSSR count). The van der Waals surface area contributed by atoms with E-state index in [1.165, 1.54) is 12.8 Å².